The molecule has 24 heavy (non-hydrogen) atoms. The Labute approximate surface area is 144 Å². The molecule has 0 amide bonds. The second-order valence-corrected chi connectivity index (χ2v) is 6.68. The van der Waals surface area contributed by atoms with Gasteiger partial charge in [-0.05, 0) is 44.0 Å². The molecule has 4 nitrogen and oxygen atoms in total. The van der Waals surface area contributed by atoms with Gasteiger partial charge in [-0.25, -0.2) is 0 Å². The summed E-state index contributed by atoms with van der Waals surface area (Å²) < 4.78 is 2.03. The summed E-state index contributed by atoms with van der Waals surface area (Å²) in [4.78, 5) is 5.01. The number of hydrogen-bond donors (Lipinski definition) is 0. The van der Waals surface area contributed by atoms with Crippen molar-refractivity contribution in [3.63, 3.8) is 0 Å². The van der Waals surface area contributed by atoms with E-state index in [-0.39, 0.29) is 0 Å². The molecule has 4 heteroatoms. The highest BCUT2D eigenvalue weighted by molar-refractivity contribution is 5.53. The van der Waals surface area contributed by atoms with Crippen LogP contribution in [0.15, 0.2) is 36.5 Å². The van der Waals surface area contributed by atoms with Crippen LogP contribution in [0.1, 0.15) is 30.7 Å². The number of nitriles is 1. The Balaban J connectivity index is 1.67. The Morgan fingerprint density at radius 2 is 2.04 bits per heavy atom. The zero-order chi connectivity index (χ0) is 17.1. The van der Waals surface area contributed by atoms with Crippen molar-refractivity contribution in [2.45, 2.75) is 39.9 Å². The number of para-hydroxylation sites is 1. The second-order valence-electron chi connectivity index (χ2n) is 6.68. The number of benzene rings is 1. The van der Waals surface area contributed by atoms with Gasteiger partial charge in [0.05, 0.1) is 0 Å². The molecule has 0 unspecified atom stereocenters. The van der Waals surface area contributed by atoms with E-state index in [0.717, 1.165) is 38.4 Å². The summed E-state index contributed by atoms with van der Waals surface area (Å²) in [5, 5.41) is 9.22. The van der Waals surface area contributed by atoms with Gasteiger partial charge in [0.25, 0.3) is 0 Å². The van der Waals surface area contributed by atoms with Crippen LogP contribution in [0.25, 0.3) is 0 Å². The van der Waals surface area contributed by atoms with Gasteiger partial charge in [0.15, 0.2) is 0 Å². The number of piperazine rings is 1. The van der Waals surface area contributed by atoms with Crippen molar-refractivity contribution in [2.75, 3.05) is 24.5 Å². The Kier molecular flexibility index (Phi) is 4.92. The molecule has 0 saturated carbocycles. The zero-order valence-electron chi connectivity index (χ0n) is 14.9. The summed E-state index contributed by atoms with van der Waals surface area (Å²) in [5.41, 5.74) is 4.70. The van der Waals surface area contributed by atoms with E-state index in [4.69, 9.17) is 0 Å². The fourth-order valence-electron chi connectivity index (χ4n) is 3.61. The van der Waals surface area contributed by atoms with Crippen molar-refractivity contribution >= 4 is 5.69 Å². The molecule has 0 spiro atoms. The second kappa shape index (κ2) is 7.11. The maximum Gasteiger partial charge on any atom is 0.120 e. The quantitative estimate of drug-likeness (QED) is 0.865. The van der Waals surface area contributed by atoms with Crippen LogP contribution < -0.4 is 4.90 Å². The molecule has 3 rings (SSSR count). The third-order valence-electron chi connectivity index (χ3n) is 5.02. The molecule has 2 aromatic rings. The number of rotatable bonds is 4. The fourth-order valence-corrected chi connectivity index (χ4v) is 3.61. The molecule has 1 aromatic heterocycles. The van der Waals surface area contributed by atoms with Crippen LogP contribution in [0.4, 0.5) is 5.69 Å². The Hall–Kier alpha value is -2.25. The van der Waals surface area contributed by atoms with Gasteiger partial charge in [-0.1, -0.05) is 18.2 Å². The lowest BCUT2D eigenvalue weighted by Gasteiger charge is -2.41. The molecule has 1 saturated heterocycles. The van der Waals surface area contributed by atoms with Crippen molar-refractivity contribution in [3.05, 3.63) is 53.3 Å². The van der Waals surface area contributed by atoms with Gasteiger partial charge >= 0.3 is 0 Å². The minimum absolute atomic E-state index is 0.494. The monoisotopic (exact) mass is 322 g/mol. The number of aromatic nitrogens is 1. The van der Waals surface area contributed by atoms with Gasteiger partial charge in [-0.15, -0.1) is 0 Å². The van der Waals surface area contributed by atoms with Crippen LogP contribution in [0, 0.1) is 18.3 Å². The molecule has 0 aliphatic carbocycles. The minimum atomic E-state index is 0.494. The molecule has 1 aliphatic heterocycles. The van der Waals surface area contributed by atoms with Gasteiger partial charge < -0.3 is 9.47 Å². The number of aryl methyl sites for hydroxylation is 2. The van der Waals surface area contributed by atoms with Crippen molar-refractivity contribution in [3.8, 4) is 6.07 Å². The smallest absolute Gasteiger partial charge is 0.120 e. The first-order chi connectivity index (χ1) is 11.6. The van der Waals surface area contributed by atoms with Crippen molar-refractivity contribution in [2.24, 2.45) is 0 Å². The lowest BCUT2D eigenvalue weighted by molar-refractivity contribution is 0.181. The van der Waals surface area contributed by atoms with Crippen LogP contribution in [-0.4, -0.2) is 35.1 Å². The summed E-state index contributed by atoms with van der Waals surface area (Å²) in [6.07, 6.45) is 2.12. The number of nitrogens with zero attached hydrogens (tertiary/aromatic N) is 4. The summed E-state index contributed by atoms with van der Waals surface area (Å²) in [6.45, 7) is 11.5. The van der Waals surface area contributed by atoms with Crippen LogP contribution in [-0.2, 0) is 13.1 Å². The van der Waals surface area contributed by atoms with E-state index in [1.54, 1.807) is 0 Å². The van der Waals surface area contributed by atoms with Crippen LogP contribution >= 0.6 is 0 Å². The third-order valence-corrected chi connectivity index (χ3v) is 5.02. The summed E-state index contributed by atoms with van der Waals surface area (Å²) in [7, 11) is 0. The topological polar surface area (TPSA) is 35.2 Å². The number of hydrogen-bond acceptors (Lipinski definition) is 3. The summed E-state index contributed by atoms with van der Waals surface area (Å²) in [5.74, 6) is 0. The first-order valence-corrected chi connectivity index (χ1v) is 8.76. The molecule has 1 atom stereocenters. The first kappa shape index (κ1) is 16.6. The van der Waals surface area contributed by atoms with E-state index in [1.165, 1.54) is 16.8 Å². The number of anilines is 1. The van der Waals surface area contributed by atoms with Crippen molar-refractivity contribution < 1.29 is 0 Å². The molecular formula is C20H26N4. The standard InChI is InChI=1S/C20H26N4/c1-4-22-14-18(11-19(22)12-21)15-23-9-10-24(13-17(23)3)20-8-6-5-7-16(20)2/h5-8,11,14,17H,4,9-10,13,15H2,1-3H3/t17-/m0/s1. The average molecular weight is 322 g/mol. The van der Waals surface area contributed by atoms with Gasteiger partial charge in [0.1, 0.15) is 11.8 Å². The normalized spacial score (nSPS) is 18.6. The molecular weight excluding hydrogens is 296 g/mol. The van der Waals surface area contributed by atoms with E-state index in [0.29, 0.717) is 6.04 Å². The summed E-state index contributed by atoms with van der Waals surface area (Å²) in [6, 6.07) is 13.4. The summed E-state index contributed by atoms with van der Waals surface area (Å²) >= 11 is 0. The highest BCUT2D eigenvalue weighted by atomic mass is 15.3. The van der Waals surface area contributed by atoms with Crippen LogP contribution in [0.5, 0.6) is 0 Å². The van der Waals surface area contributed by atoms with Gasteiger partial charge in [-0.3, -0.25) is 4.90 Å². The average Bonchev–Trinajstić information content (AvgIpc) is 2.99. The SMILES string of the molecule is CCn1cc(CN2CCN(c3ccccc3C)C[C@@H]2C)cc1C#N. The predicted octanol–water partition coefficient (Wildman–Crippen LogP) is 3.40. The molecule has 1 fully saturated rings. The van der Waals surface area contributed by atoms with E-state index in [2.05, 4.69) is 67.1 Å². The van der Waals surface area contributed by atoms with Gasteiger partial charge in [0, 0.05) is 50.6 Å². The fraction of sp³-hybridized carbons (Fsp3) is 0.450. The largest absolute Gasteiger partial charge is 0.368 e. The molecule has 0 N–H and O–H groups in total. The molecule has 1 aromatic carbocycles. The van der Waals surface area contributed by atoms with Crippen molar-refractivity contribution in [1.29, 1.82) is 5.26 Å². The van der Waals surface area contributed by atoms with E-state index in [9.17, 15) is 5.26 Å². The van der Waals surface area contributed by atoms with E-state index >= 15 is 0 Å². The van der Waals surface area contributed by atoms with Gasteiger partial charge in [0.2, 0.25) is 0 Å². The molecule has 1 aliphatic rings. The van der Waals surface area contributed by atoms with Crippen molar-refractivity contribution in [1.82, 2.24) is 9.47 Å². The molecule has 0 radical (unpaired) electrons. The first-order valence-electron chi connectivity index (χ1n) is 8.76. The lowest BCUT2D eigenvalue weighted by atomic mass is 10.1. The Bertz CT molecular complexity index is 740. The molecule has 126 valence electrons. The zero-order valence-corrected chi connectivity index (χ0v) is 14.9. The highest BCUT2D eigenvalue weighted by Gasteiger charge is 2.25. The Morgan fingerprint density at radius 3 is 2.67 bits per heavy atom. The third kappa shape index (κ3) is 3.32. The predicted molar refractivity (Wildman–Crippen MR) is 98.1 cm³/mol. The minimum Gasteiger partial charge on any atom is -0.368 e. The highest BCUT2D eigenvalue weighted by Crippen LogP contribution is 2.24. The van der Waals surface area contributed by atoms with Crippen LogP contribution in [0.2, 0.25) is 0 Å². The lowest BCUT2D eigenvalue weighted by Crippen LogP contribution is -2.51. The van der Waals surface area contributed by atoms with E-state index < -0.39 is 0 Å². The van der Waals surface area contributed by atoms with Gasteiger partial charge in [-0.2, -0.15) is 5.26 Å². The Morgan fingerprint density at radius 1 is 1.25 bits per heavy atom. The maximum absolute atomic E-state index is 9.22. The maximum atomic E-state index is 9.22. The molecule has 0 bridgehead atoms. The molecule has 2 heterocycles. The van der Waals surface area contributed by atoms with Crippen LogP contribution in [0.3, 0.4) is 0 Å². The van der Waals surface area contributed by atoms with E-state index in [1.807, 2.05) is 10.6 Å².